The molecule has 1 fully saturated rings. The van der Waals surface area contributed by atoms with Crippen molar-refractivity contribution in [3.8, 4) is 5.75 Å². The highest BCUT2D eigenvalue weighted by Crippen LogP contribution is 2.28. The number of carboxylic acids is 1. The van der Waals surface area contributed by atoms with Crippen molar-refractivity contribution in [2.45, 2.75) is 121 Å². The van der Waals surface area contributed by atoms with Crippen LogP contribution in [-0.2, 0) is 30.4 Å². The Kier molecular flexibility index (Phi) is 18.3. The first kappa shape index (κ1) is 39.7. The number of benzene rings is 1. The Balaban J connectivity index is 2.03. The molecule has 48 heavy (non-hydrogen) atoms. The summed E-state index contributed by atoms with van der Waals surface area (Å²) >= 11 is 0. The second-order valence-corrected chi connectivity index (χ2v) is 12.5. The standard InChI is InChI=1S/C34H51N5O9/c35-30(41)15-11-6-4-2-1-3-5-7-12-20-36-33(45)26(22-25-16-17-29(40)28(23-25)39(47)48)38-34(46)27(21-24-13-9-8-10-14-24)37-31(42)18-19-32(43)44/h16-19,23-24,26-27,40H,1-15,20-22H2,(H2,35,41)(H,36,45)(H,37,42)(H,38,46)(H,43,44)/b19-18+/t26-,27-/m0/s1. The number of nitrogens with one attached hydrogen (secondary N) is 3. The summed E-state index contributed by atoms with van der Waals surface area (Å²) in [7, 11) is 0. The average molecular weight is 674 g/mol. The normalized spacial score (nSPS) is 14.6. The number of phenols is 1. The SMILES string of the molecule is NC(=O)CCCCCCCCCCCNC(=O)[C@H](Cc1ccc(O)c([N+](=O)[O-])c1)NC(=O)[C@H](CC1CCCCC1)NC(=O)/C=C/C(=O)O. The van der Waals surface area contributed by atoms with Crippen LogP contribution in [0.5, 0.6) is 5.75 Å². The summed E-state index contributed by atoms with van der Waals surface area (Å²) in [6.07, 6.45) is 15.6. The fourth-order valence-corrected chi connectivity index (χ4v) is 5.91. The van der Waals surface area contributed by atoms with E-state index in [-0.39, 0.29) is 18.2 Å². The van der Waals surface area contributed by atoms with Crippen molar-refractivity contribution in [3.63, 3.8) is 0 Å². The zero-order valence-electron chi connectivity index (χ0n) is 27.6. The lowest BCUT2D eigenvalue weighted by molar-refractivity contribution is -0.385. The number of carbonyl (C=O) groups is 5. The van der Waals surface area contributed by atoms with Crippen LogP contribution in [0.2, 0.25) is 0 Å². The Labute approximate surface area is 281 Å². The zero-order chi connectivity index (χ0) is 35.3. The topological polar surface area (TPSA) is 231 Å². The van der Waals surface area contributed by atoms with Gasteiger partial charge >= 0.3 is 11.7 Å². The van der Waals surface area contributed by atoms with Crippen LogP contribution in [0.4, 0.5) is 5.69 Å². The van der Waals surface area contributed by atoms with E-state index >= 15 is 0 Å². The third-order valence-electron chi connectivity index (χ3n) is 8.51. The number of nitro groups is 1. The van der Waals surface area contributed by atoms with Crippen LogP contribution < -0.4 is 21.7 Å². The van der Waals surface area contributed by atoms with Gasteiger partial charge in [-0.15, -0.1) is 0 Å². The molecule has 1 aliphatic rings. The number of nitro benzene ring substituents is 1. The molecule has 4 amide bonds. The number of phenolic OH excluding ortho intramolecular Hbond substituents is 1. The molecule has 0 spiro atoms. The molecule has 14 nitrogen and oxygen atoms in total. The number of aromatic hydroxyl groups is 1. The van der Waals surface area contributed by atoms with Gasteiger partial charge in [0.1, 0.15) is 12.1 Å². The molecule has 7 N–H and O–H groups in total. The number of hydrogen-bond donors (Lipinski definition) is 6. The van der Waals surface area contributed by atoms with E-state index < -0.39 is 52.1 Å². The summed E-state index contributed by atoms with van der Waals surface area (Å²) in [5, 5.41) is 38.3. The predicted octanol–water partition coefficient (Wildman–Crippen LogP) is 3.93. The van der Waals surface area contributed by atoms with Crippen molar-refractivity contribution in [2.75, 3.05) is 6.54 Å². The molecule has 1 aromatic rings. The molecule has 0 saturated heterocycles. The van der Waals surface area contributed by atoms with Crippen molar-refractivity contribution in [3.05, 3.63) is 46.0 Å². The maximum absolute atomic E-state index is 13.6. The molecular formula is C34H51N5O9. The van der Waals surface area contributed by atoms with Crippen LogP contribution in [0, 0.1) is 16.0 Å². The molecule has 0 bridgehead atoms. The third kappa shape index (κ3) is 16.4. The van der Waals surface area contributed by atoms with Crippen molar-refractivity contribution in [2.24, 2.45) is 11.7 Å². The summed E-state index contributed by atoms with van der Waals surface area (Å²) in [5.74, 6) is -3.83. The van der Waals surface area contributed by atoms with E-state index in [1.54, 1.807) is 0 Å². The van der Waals surface area contributed by atoms with Gasteiger partial charge < -0.3 is 31.9 Å². The van der Waals surface area contributed by atoms with Gasteiger partial charge in [0.15, 0.2) is 5.75 Å². The molecule has 0 unspecified atom stereocenters. The number of carboxylic acid groups (broad SMARTS) is 1. The fourth-order valence-electron chi connectivity index (χ4n) is 5.91. The van der Waals surface area contributed by atoms with Crippen LogP contribution in [0.15, 0.2) is 30.4 Å². The van der Waals surface area contributed by atoms with Gasteiger partial charge in [-0.05, 0) is 36.8 Å². The molecule has 0 radical (unpaired) electrons. The van der Waals surface area contributed by atoms with Crippen molar-refractivity contribution in [1.82, 2.24) is 16.0 Å². The molecule has 2 rings (SSSR count). The van der Waals surface area contributed by atoms with E-state index in [1.807, 2.05) is 0 Å². The molecule has 1 saturated carbocycles. The molecular weight excluding hydrogens is 622 g/mol. The minimum Gasteiger partial charge on any atom is -0.502 e. The van der Waals surface area contributed by atoms with Crippen LogP contribution in [-0.4, -0.2) is 63.4 Å². The minimum absolute atomic E-state index is 0.110. The van der Waals surface area contributed by atoms with E-state index in [4.69, 9.17) is 10.8 Å². The third-order valence-corrected chi connectivity index (χ3v) is 8.51. The Morgan fingerprint density at radius 3 is 2.10 bits per heavy atom. The summed E-state index contributed by atoms with van der Waals surface area (Å²) in [6, 6.07) is 1.57. The summed E-state index contributed by atoms with van der Waals surface area (Å²) in [5.41, 5.74) is 4.96. The molecule has 0 heterocycles. The molecule has 1 aromatic carbocycles. The van der Waals surface area contributed by atoms with Gasteiger partial charge in [0.25, 0.3) is 0 Å². The highest BCUT2D eigenvalue weighted by atomic mass is 16.6. The number of hydrogen-bond acceptors (Lipinski definition) is 8. The maximum atomic E-state index is 13.6. The fraction of sp³-hybridized carbons (Fsp3) is 0.618. The molecule has 2 atom stereocenters. The van der Waals surface area contributed by atoms with Gasteiger partial charge in [0, 0.05) is 37.6 Å². The average Bonchev–Trinajstić information content (AvgIpc) is 3.04. The Morgan fingerprint density at radius 1 is 0.875 bits per heavy atom. The van der Waals surface area contributed by atoms with Gasteiger partial charge in [0.2, 0.25) is 23.6 Å². The molecule has 1 aliphatic carbocycles. The number of nitrogens with zero attached hydrogens (tertiary/aromatic N) is 1. The van der Waals surface area contributed by atoms with Crippen molar-refractivity contribution >= 4 is 35.3 Å². The van der Waals surface area contributed by atoms with Crippen LogP contribution in [0.1, 0.15) is 108 Å². The van der Waals surface area contributed by atoms with E-state index in [1.165, 1.54) is 6.07 Å². The van der Waals surface area contributed by atoms with E-state index in [0.717, 1.165) is 102 Å². The maximum Gasteiger partial charge on any atom is 0.328 e. The number of primary amides is 1. The Bertz CT molecular complexity index is 1260. The lowest BCUT2D eigenvalue weighted by Gasteiger charge is -2.28. The monoisotopic (exact) mass is 673 g/mol. The van der Waals surface area contributed by atoms with Gasteiger partial charge in [0.05, 0.1) is 4.92 Å². The Hall–Kier alpha value is -4.49. The number of aliphatic carboxylic acids is 1. The van der Waals surface area contributed by atoms with Gasteiger partial charge in [-0.1, -0.05) is 83.1 Å². The summed E-state index contributed by atoms with van der Waals surface area (Å²) in [4.78, 5) is 71.8. The molecule has 0 aromatic heterocycles. The number of carbonyl (C=O) groups excluding carboxylic acids is 4. The van der Waals surface area contributed by atoms with E-state index in [0.29, 0.717) is 37.4 Å². The predicted molar refractivity (Wildman–Crippen MR) is 179 cm³/mol. The second-order valence-electron chi connectivity index (χ2n) is 12.5. The zero-order valence-corrected chi connectivity index (χ0v) is 27.6. The number of nitrogens with two attached hydrogens (primary N) is 1. The van der Waals surface area contributed by atoms with Gasteiger partial charge in [-0.3, -0.25) is 29.3 Å². The first-order valence-electron chi connectivity index (χ1n) is 17.0. The highest BCUT2D eigenvalue weighted by Gasteiger charge is 2.30. The first-order valence-corrected chi connectivity index (χ1v) is 17.0. The minimum atomic E-state index is -1.31. The van der Waals surface area contributed by atoms with Crippen molar-refractivity contribution in [1.29, 1.82) is 0 Å². The van der Waals surface area contributed by atoms with Crippen LogP contribution in [0.25, 0.3) is 0 Å². The van der Waals surface area contributed by atoms with E-state index in [9.17, 15) is 39.2 Å². The highest BCUT2D eigenvalue weighted by molar-refractivity contribution is 5.97. The number of amides is 4. The molecule has 266 valence electrons. The molecule has 0 aliphatic heterocycles. The van der Waals surface area contributed by atoms with Crippen LogP contribution >= 0.6 is 0 Å². The van der Waals surface area contributed by atoms with Crippen LogP contribution in [0.3, 0.4) is 0 Å². The summed E-state index contributed by atoms with van der Waals surface area (Å²) < 4.78 is 0. The Morgan fingerprint density at radius 2 is 1.50 bits per heavy atom. The van der Waals surface area contributed by atoms with Crippen molar-refractivity contribution < 1.29 is 39.1 Å². The largest absolute Gasteiger partial charge is 0.502 e. The quantitative estimate of drug-likeness (QED) is 0.0427. The summed E-state index contributed by atoms with van der Waals surface area (Å²) in [6.45, 7) is 0.357. The second kappa shape index (κ2) is 22.1. The van der Waals surface area contributed by atoms with Gasteiger partial charge in [-0.2, -0.15) is 0 Å². The van der Waals surface area contributed by atoms with E-state index in [2.05, 4.69) is 16.0 Å². The lowest BCUT2D eigenvalue weighted by atomic mass is 9.84. The first-order chi connectivity index (χ1) is 23.0. The number of unbranched alkanes of at least 4 members (excludes halogenated alkanes) is 8. The lowest BCUT2D eigenvalue weighted by Crippen LogP contribution is -2.54. The van der Waals surface area contributed by atoms with Gasteiger partial charge in [-0.25, -0.2) is 4.79 Å². The number of rotatable bonds is 23. The smallest absolute Gasteiger partial charge is 0.328 e. The molecule has 14 heteroatoms.